The second kappa shape index (κ2) is 13.6. The second-order valence-electron chi connectivity index (χ2n) is 20.6. The number of fused-ring (bicyclic) bond motifs is 22. The highest BCUT2D eigenvalue weighted by Crippen LogP contribution is 2.55. The molecule has 15 aromatic rings. The molecule has 8 heteroatoms. The van der Waals surface area contributed by atoms with Gasteiger partial charge in [-0.1, -0.05) is 152 Å². The summed E-state index contributed by atoms with van der Waals surface area (Å²) in [6.07, 6.45) is 0. The van der Waals surface area contributed by atoms with E-state index in [1.54, 1.807) is 0 Å². The van der Waals surface area contributed by atoms with Gasteiger partial charge in [0.25, 0.3) is 0 Å². The van der Waals surface area contributed by atoms with Gasteiger partial charge in [-0.15, -0.1) is 22.7 Å². The van der Waals surface area contributed by atoms with E-state index in [2.05, 4.69) is 237 Å². The normalized spacial score (nSPS) is 13.8. The summed E-state index contributed by atoms with van der Waals surface area (Å²) >= 11 is 3.84. The predicted octanol–water partition coefficient (Wildman–Crippen LogP) is 15.5. The van der Waals surface area contributed by atoms with Gasteiger partial charge in [-0.05, 0) is 99.7 Å². The van der Waals surface area contributed by atoms with Crippen LogP contribution in [-0.2, 0) is 0 Å². The van der Waals surface area contributed by atoms with Gasteiger partial charge in [0, 0.05) is 118 Å². The lowest BCUT2D eigenvalue weighted by Crippen LogP contribution is -2.61. The van der Waals surface area contributed by atoms with E-state index in [1.165, 1.54) is 151 Å². The van der Waals surface area contributed by atoms with E-state index in [-0.39, 0.29) is 13.7 Å². The average Bonchev–Trinajstić information content (AvgIpc) is 4.23. The molecule has 19 rings (SSSR count). The van der Waals surface area contributed by atoms with E-state index in [4.69, 9.17) is 0 Å². The third-order valence-electron chi connectivity index (χ3n) is 17.2. The zero-order valence-corrected chi connectivity index (χ0v) is 41.2. The number of nitrogens with zero attached hydrogens (tertiary/aromatic N) is 4. The molecule has 4 aliphatic heterocycles. The Labute approximate surface area is 433 Å². The van der Waals surface area contributed by atoms with Crippen LogP contribution in [-0.4, -0.2) is 22.7 Å². The second-order valence-corrected chi connectivity index (χ2v) is 22.8. The molecule has 0 aliphatic carbocycles. The minimum atomic E-state index is -0.132. The summed E-state index contributed by atoms with van der Waals surface area (Å²) in [5, 5.41) is 10.4. The Balaban J connectivity index is 1.04. The van der Waals surface area contributed by atoms with Crippen LogP contribution in [0.3, 0.4) is 0 Å². The molecule has 0 N–H and O–H groups in total. The Kier molecular flexibility index (Phi) is 7.14. The third kappa shape index (κ3) is 4.57. The number of hydrogen-bond donors (Lipinski definition) is 0. The molecule has 11 aromatic carbocycles. The van der Waals surface area contributed by atoms with E-state index in [0.717, 1.165) is 11.4 Å². The van der Waals surface area contributed by atoms with Crippen LogP contribution in [0.5, 0.6) is 0 Å². The summed E-state index contributed by atoms with van der Waals surface area (Å²) in [6, 6.07) is 83.3. The number of hydrogen-bond acceptors (Lipinski definition) is 4. The Bertz CT molecular complexity index is 4750. The molecule has 4 nitrogen and oxygen atoms in total. The number of thiophene rings is 2. The number of anilines is 6. The third-order valence-corrected chi connectivity index (χ3v) is 19.4. The zero-order valence-electron chi connectivity index (χ0n) is 39.5. The standard InChI is InChI=1S/C66H36B2N4S2/c1-3-17-37(18-4-1)69-53-36-54-50(35-49(53)67-61-47(33-57-59(65(61)69)45-23-9-13-31-55(45)73-57)43-27-15-25-41-39-21-7-11-29-51(39)71(67)63(41)43)68-62-48(44-28-16-26-42-40-22-8-12-30-52(40)72(68)64(42)44)34-58-60(46-24-10-14-32-56(46)74-58)66(62)70(54)38-19-5-2-6-20-38/h1-36H. The monoisotopic (exact) mass is 970 g/mol. The van der Waals surface area contributed by atoms with Crippen molar-refractivity contribution in [3.63, 3.8) is 0 Å². The van der Waals surface area contributed by atoms with Crippen LogP contribution in [0.25, 0.3) is 106 Å². The Morgan fingerprint density at radius 3 is 1.19 bits per heavy atom. The summed E-state index contributed by atoms with van der Waals surface area (Å²) in [5.74, 6) is 0. The average molecular weight is 971 g/mol. The summed E-state index contributed by atoms with van der Waals surface area (Å²) in [6.45, 7) is -0.264. The van der Waals surface area contributed by atoms with Crippen LogP contribution >= 0.6 is 22.7 Å². The smallest absolute Gasteiger partial charge is 0.333 e. The molecule has 338 valence electrons. The fourth-order valence-electron chi connectivity index (χ4n) is 14.5. The van der Waals surface area contributed by atoms with E-state index < -0.39 is 0 Å². The topological polar surface area (TPSA) is 16.3 Å². The van der Waals surface area contributed by atoms with Crippen LogP contribution in [0, 0.1) is 0 Å². The molecule has 4 aromatic heterocycles. The van der Waals surface area contributed by atoms with Crippen molar-refractivity contribution in [2.45, 2.75) is 0 Å². The van der Waals surface area contributed by atoms with Crippen molar-refractivity contribution in [1.29, 1.82) is 0 Å². The molecule has 0 amide bonds. The summed E-state index contributed by atoms with van der Waals surface area (Å²) < 4.78 is 10.7. The SMILES string of the molecule is c1ccc(N2c3cc4c(cc3B3c5c(cc6sc7ccccc7c6c52)-c2cccc5c6ccccc6n3c25)B2c3c(cc5sc6ccccc6c5c3N4c3ccccc3)-c3cccc4c5ccccc5n2c34)cc1. The lowest BCUT2D eigenvalue weighted by atomic mass is 9.41. The lowest BCUT2D eigenvalue weighted by Gasteiger charge is -2.45. The highest BCUT2D eigenvalue weighted by Gasteiger charge is 2.49. The molecular formula is C66H36B2N4S2. The maximum absolute atomic E-state index is 2.73. The molecule has 0 unspecified atom stereocenters. The molecule has 4 aliphatic rings. The van der Waals surface area contributed by atoms with Crippen molar-refractivity contribution in [1.82, 2.24) is 8.96 Å². The summed E-state index contributed by atoms with van der Waals surface area (Å²) in [7, 11) is 0. The predicted molar refractivity (Wildman–Crippen MR) is 319 cm³/mol. The van der Waals surface area contributed by atoms with E-state index in [1.807, 2.05) is 22.7 Å². The van der Waals surface area contributed by atoms with Crippen molar-refractivity contribution in [3.05, 3.63) is 218 Å². The number of rotatable bonds is 2. The van der Waals surface area contributed by atoms with Gasteiger partial charge in [0.15, 0.2) is 0 Å². The van der Waals surface area contributed by atoms with Crippen molar-refractivity contribution in [2.24, 2.45) is 0 Å². The van der Waals surface area contributed by atoms with E-state index >= 15 is 0 Å². The molecule has 0 fully saturated rings. The maximum atomic E-state index is 2.73. The van der Waals surface area contributed by atoms with Gasteiger partial charge in [0.1, 0.15) is 0 Å². The number of para-hydroxylation sites is 6. The fourth-order valence-corrected chi connectivity index (χ4v) is 16.8. The molecule has 8 heterocycles. The van der Waals surface area contributed by atoms with Gasteiger partial charge in [-0.2, -0.15) is 0 Å². The highest BCUT2D eigenvalue weighted by molar-refractivity contribution is 7.26. The summed E-state index contributed by atoms with van der Waals surface area (Å²) in [5.41, 5.74) is 23.0. The van der Waals surface area contributed by atoms with Gasteiger partial charge < -0.3 is 18.8 Å². The Morgan fingerprint density at radius 2 is 0.716 bits per heavy atom. The summed E-state index contributed by atoms with van der Waals surface area (Å²) in [4.78, 5) is 5.32. The van der Waals surface area contributed by atoms with Crippen molar-refractivity contribution in [2.75, 3.05) is 9.80 Å². The minimum Gasteiger partial charge on any atom is -0.375 e. The van der Waals surface area contributed by atoms with Crippen LogP contribution in [0.2, 0.25) is 0 Å². The lowest BCUT2D eigenvalue weighted by molar-refractivity contribution is 1.24. The van der Waals surface area contributed by atoms with Gasteiger partial charge in [-0.3, -0.25) is 0 Å². The van der Waals surface area contributed by atoms with Crippen molar-refractivity contribution in [3.8, 4) is 22.3 Å². The fraction of sp³-hybridized carbons (Fsp3) is 0. The number of aromatic nitrogens is 2. The van der Waals surface area contributed by atoms with Gasteiger partial charge >= 0.3 is 13.7 Å². The van der Waals surface area contributed by atoms with Crippen molar-refractivity contribution >= 4 is 176 Å². The van der Waals surface area contributed by atoms with Crippen molar-refractivity contribution < 1.29 is 0 Å². The van der Waals surface area contributed by atoms with Crippen LogP contribution < -0.4 is 31.7 Å². The Morgan fingerprint density at radius 1 is 0.311 bits per heavy atom. The highest BCUT2D eigenvalue weighted by atomic mass is 32.1. The van der Waals surface area contributed by atoms with Gasteiger partial charge in [0.05, 0.1) is 11.4 Å². The van der Waals surface area contributed by atoms with Crippen LogP contribution in [0.1, 0.15) is 0 Å². The van der Waals surface area contributed by atoms with Gasteiger partial charge in [0.2, 0.25) is 0 Å². The Hall–Kier alpha value is -8.81. The molecular weight excluding hydrogens is 935 g/mol. The van der Waals surface area contributed by atoms with E-state index in [9.17, 15) is 0 Å². The first kappa shape index (κ1) is 38.8. The van der Waals surface area contributed by atoms with Gasteiger partial charge in [-0.25, -0.2) is 0 Å². The maximum Gasteiger partial charge on any atom is 0.333 e. The minimum absolute atomic E-state index is 0.132. The van der Waals surface area contributed by atoms with Crippen LogP contribution in [0.4, 0.5) is 34.1 Å². The molecule has 0 radical (unpaired) electrons. The quantitative estimate of drug-likeness (QED) is 0.161. The number of benzene rings is 11. The van der Waals surface area contributed by atoms with E-state index in [0.29, 0.717) is 0 Å². The zero-order chi connectivity index (χ0) is 47.7. The molecule has 0 atom stereocenters. The molecule has 0 spiro atoms. The first-order valence-corrected chi connectivity index (χ1v) is 27.3. The molecule has 0 bridgehead atoms. The first-order valence-electron chi connectivity index (χ1n) is 25.7. The molecule has 0 saturated heterocycles. The van der Waals surface area contributed by atoms with Crippen LogP contribution in [0.15, 0.2) is 218 Å². The first-order chi connectivity index (χ1) is 36.8. The largest absolute Gasteiger partial charge is 0.375 e. The molecule has 0 saturated carbocycles. The molecule has 74 heavy (non-hydrogen) atoms.